The van der Waals surface area contributed by atoms with Crippen molar-refractivity contribution in [1.29, 1.82) is 0 Å². The first-order valence-electron chi connectivity index (χ1n) is 10.3. The molecule has 1 fully saturated rings. The standard InChI is InChI=1S/C24H29N3O3S/c1-15-8-6-9-16(2)21(15)25-20(28)14-19-23(29)27(12-13-30-5)24(31-19)26-22-17(3)10-7-11-18(22)4/h6-11,19H,12-14H2,1-5H3,(H,25,28). The predicted molar refractivity (Wildman–Crippen MR) is 127 cm³/mol. The van der Waals surface area contributed by atoms with Crippen LogP contribution in [0.2, 0.25) is 0 Å². The topological polar surface area (TPSA) is 71.0 Å². The van der Waals surface area contributed by atoms with Gasteiger partial charge in [-0.2, -0.15) is 0 Å². The summed E-state index contributed by atoms with van der Waals surface area (Å²) < 4.78 is 5.18. The largest absolute Gasteiger partial charge is 0.383 e. The van der Waals surface area contributed by atoms with Crippen LogP contribution in [0.5, 0.6) is 0 Å². The minimum Gasteiger partial charge on any atom is -0.383 e. The Bertz CT molecular complexity index is 979. The number of ether oxygens (including phenoxy) is 1. The molecule has 1 aliphatic rings. The number of carbonyl (C=O) groups excluding carboxylic acids is 2. The van der Waals surface area contributed by atoms with Gasteiger partial charge in [0.05, 0.1) is 18.8 Å². The number of benzene rings is 2. The van der Waals surface area contributed by atoms with Gasteiger partial charge in [0.15, 0.2) is 5.17 Å². The van der Waals surface area contributed by atoms with Crippen molar-refractivity contribution in [3.63, 3.8) is 0 Å². The van der Waals surface area contributed by atoms with Gasteiger partial charge in [-0.05, 0) is 49.9 Å². The molecule has 1 aliphatic heterocycles. The van der Waals surface area contributed by atoms with E-state index in [0.29, 0.717) is 18.3 Å². The highest BCUT2D eigenvalue weighted by molar-refractivity contribution is 8.15. The zero-order valence-corrected chi connectivity index (χ0v) is 19.5. The number of aryl methyl sites for hydroxylation is 4. The number of amidine groups is 1. The van der Waals surface area contributed by atoms with Crippen LogP contribution in [0.25, 0.3) is 0 Å². The Balaban J connectivity index is 1.81. The molecular weight excluding hydrogens is 410 g/mol. The van der Waals surface area contributed by atoms with E-state index in [4.69, 9.17) is 9.73 Å². The first-order chi connectivity index (χ1) is 14.8. The average molecular weight is 440 g/mol. The molecule has 2 amide bonds. The molecule has 2 aromatic carbocycles. The first kappa shape index (κ1) is 23.0. The summed E-state index contributed by atoms with van der Waals surface area (Å²) in [6.07, 6.45) is 0.0898. The Morgan fingerprint density at radius 3 is 2.23 bits per heavy atom. The molecule has 3 rings (SSSR count). The summed E-state index contributed by atoms with van der Waals surface area (Å²) in [5.41, 5.74) is 5.76. The molecule has 0 aliphatic carbocycles. The van der Waals surface area contributed by atoms with E-state index in [1.807, 2.05) is 64.1 Å². The number of thioether (sulfide) groups is 1. The monoisotopic (exact) mass is 439 g/mol. The Hall–Kier alpha value is -2.64. The smallest absolute Gasteiger partial charge is 0.242 e. The Morgan fingerprint density at radius 2 is 1.65 bits per heavy atom. The lowest BCUT2D eigenvalue weighted by Gasteiger charge is -2.16. The lowest BCUT2D eigenvalue weighted by atomic mass is 10.1. The highest BCUT2D eigenvalue weighted by Gasteiger charge is 2.39. The molecule has 1 saturated heterocycles. The van der Waals surface area contributed by atoms with Gasteiger partial charge in [0.2, 0.25) is 11.8 Å². The van der Waals surface area contributed by atoms with Crippen LogP contribution in [-0.4, -0.2) is 47.4 Å². The Labute approximate surface area is 188 Å². The van der Waals surface area contributed by atoms with Crippen LogP contribution in [0.15, 0.2) is 41.4 Å². The van der Waals surface area contributed by atoms with Gasteiger partial charge < -0.3 is 10.1 Å². The quantitative estimate of drug-likeness (QED) is 0.688. The zero-order chi connectivity index (χ0) is 22.5. The summed E-state index contributed by atoms with van der Waals surface area (Å²) in [4.78, 5) is 32.3. The van der Waals surface area contributed by atoms with E-state index in [1.165, 1.54) is 11.8 Å². The maximum Gasteiger partial charge on any atom is 0.242 e. The average Bonchev–Trinajstić information content (AvgIpc) is 3.00. The fraction of sp³-hybridized carbons (Fsp3) is 0.375. The van der Waals surface area contributed by atoms with E-state index in [1.54, 1.807) is 12.0 Å². The van der Waals surface area contributed by atoms with Crippen molar-refractivity contribution < 1.29 is 14.3 Å². The van der Waals surface area contributed by atoms with Crippen molar-refractivity contribution in [3.8, 4) is 0 Å². The third kappa shape index (κ3) is 5.35. The van der Waals surface area contributed by atoms with E-state index >= 15 is 0 Å². The van der Waals surface area contributed by atoms with Crippen LogP contribution >= 0.6 is 11.8 Å². The van der Waals surface area contributed by atoms with Crippen molar-refractivity contribution in [1.82, 2.24) is 4.90 Å². The second-order valence-corrected chi connectivity index (χ2v) is 8.91. The first-order valence-corrected chi connectivity index (χ1v) is 11.2. The number of carbonyl (C=O) groups is 2. The van der Waals surface area contributed by atoms with Crippen molar-refractivity contribution >= 4 is 40.1 Å². The Kier molecular flexibility index (Phi) is 7.51. The second-order valence-electron chi connectivity index (χ2n) is 7.74. The van der Waals surface area contributed by atoms with Gasteiger partial charge in [-0.1, -0.05) is 48.2 Å². The minimum atomic E-state index is -0.510. The summed E-state index contributed by atoms with van der Waals surface area (Å²) in [5, 5.41) is 3.08. The summed E-state index contributed by atoms with van der Waals surface area (Å²) in [5.74, 6) is -0.285. The van der Waals surface area contributed by atoms with Crippen LogP contribution in [0, 0.1) is 27.7 Å². The van der Waals surface area contributed by atoms with Crippen LogP contribution in [0.3, 0.4) is 0 Å². The van der Waals surface area contributed by atoms with Crippen LogP contribution in [0.1, 0.15) is 28.7 Å². The number of rotatable bonds is 7. The van der Waals surface area contributed by atoms with E-state index in [9.17, 15) is 9.59 Å². The highest BCUT2D eigenvalue weighted by Crippen LogP contribution is 2.34. The maximum absolute atomic E-state index is 13.1. The number of anilines is 1. The molecule has 7 heteroatoms. The fourth-order valence-electron chi connectivity index (χ4n) is 3.56. The van der Waals surface area contributed by atoms with Crippen LogP contribution in [0.4, 0.5) is 11.4 Å². The molecule has 0 aromatic heterocycles. The number of hydrogen-bond acceptors (Lipinski definition) is 5. The third-order valence-electron chi connectivity index (χ3n) is 5.30. The Morgan fingerprint density at radius 1 is 1.06 bits per heavy atom. The van der Waals surface area contributed by atoms with Gasteiger partial charge in [0.25, 0.3) is 0 Å². The number of hydrogen-bond donors (Lipinski definition) is 1. The van der Waals surface area contributed by atoms with Crippen LogP contribution < -0.4 is 5.32 Å². The van der Waals surface area contributed by atoms with Gasteiger partial charge in [-0.3, -0.25) is 14.5 Å². The SMILES string of the molecule is COCCN1C(=O)C(CC(=O)Nc2c(C)cccc2C)SC1=Nc1c(C)cccc1C. The molecule has 1 atom stereocenters. The molecular formula is C24H29N3O3S. The third-order valence-corrected chi connectivity index (χ3v) is 6.48. The second kappa shape index (κ2) is 10.1. The van der Waals surface area contributed by atoms with Crippen molar-refractivity contribution in [2.75, 3.05) is 25.6 Å². The molecule has 0 spiro atoms. The van der Waals surface area contributed by atoms with Gasteiger partial charge in [0, 0.05) is 19.2 Å². The molecule has 164 valence electrons. The number of para-hydroxylation sites is 2. The summed E-state index contributed by atoms with van der Waals surface area (Å²) >= 11 is 1.35. The lowest BCUT2D eigenvalue weighted by Crippen LogP contribution is -2.35. The summed E-state index contributed by atoms with van der Waals surface area (Å²) in [6.45, 7) is 8.73. The predicted octanol–water partition coefficient (Wildman–Crippen LogP) is 4.53. The maximum atomic E-state index is 13.1. The van der Waals surface area contributed by atoms with E-state index in [2.05, 4.69) is 5.32 Å². The molecule has 1 heterocycles. The highest BCUT2D eigenvalue weighted by atomic mass is 32.2. The molecule has 6 nitrogen and oxygen atoms in total. The molecule has 0 radical (unpaired) electrons. The van der Waals surface area contributed by atoms with E-state index < -0.39 is 5.25 Å². The van der Waals surface area contributed by atoms with Crippen molar-refractivity contribution in [2.24, 2.45) is 4.99 Å². The molecule has 2 aromatic rings. The number of amides is 2. The van der Waals surface area contributed by atoms with E-state index in [-0.39, 0.29) is 18.2 Å². The van der Waals surface area contributed by atoms with Crippen molar-refractivity contribution in [2.45, 2.75) is 39.4 Å². The van der Waals surface area contributed by atoms with Gasteiger partial charge in [-0.15, -0.1) is 0 Å². The summed E-state index contributed by atoms with van der Waals surface area (Å²) in [6, 6.07) is 11.9. The summed E-state index contributed by atoms with van der Waals surface area (Å²) in [7, 11) is 1.60. The van der Waals surface area contributed by atoms with Gasteiger partial charge in [0.1, 0.15) is 5.25 Å². The molecule has 0 saturated carbocycles. The molecule has 1 unspecified atom stereocenters. The molecule has 31 heavy (non-hydrogen) atoms. The number of methoxy groups -OCH3 is 1. The van der Waals surface area contributed by atoms with Gasteiger partial charge >= 0.3 is 0 Å². The zero-order valence-electron chi connectivity index (χ0n) is 18.7. The number of nitrogens with zero attached hydrogens (tertiary/aromatic N) is 2. The van der Waals surface area contributed by atoms with Crippen molar-refractivity contribution in [3.05, 3.63) is 58.7 Å². The molecule has 1 N–H and O–H groups in total. The normalized spacial score (nSPS) is 17.5. The van der Waals surface area contributed by atoms with Gasteiger partial charge in [-0.25, -0.2) is 4.99 Å². The minimum absolute atomic E-state index is 0.0898. The van der Waals surface area contributed by atoms with E-state index in [0.717, 1.165) is 33.6 Å². The lowest BCUT2D eigenvalue weighted by molar-refractivity contribution is -0.128. The van der Waals surface area contributed by atoms with Crippen LogP contribution in [-0.2, 0) is 14.3 Å². The number of nitrogens with one attached hydrogen (secondary N) is 1. The molecule has 0 bridgehead atoms. The fourth-order valence-corrected chi connectivity index (χ4v) is 4.73. The number of aliphatic imine (C=N–C) groups is 1.